The van der Waals surface area contributed by atoms with E-state index in [1.807, 2.05) is 6.92 Å². The van der Waals surface area contributed by atoms with Gasteiger partial charge in [-0.05, 0) is 59.8 Å². The van der Waals surface area contributed by atoms with E-state index in [1.165, 1.54) is 0 Å². The van der Waals surface area contributed by atoms with Gasteiger partial charge in [0.2, 0.25) is 11.9 Å². The van der Waals surface area contributed by atoms with Crippen molar-refractivity contribution in [3.63, 3.8) is 0 Å². The van der Waals surface area contributed by atoms with E-state index in [0.29, 0.717) is 50.3 Å². The molecule has 1 saturated carbocycles. The molecule has 11 nitrogen and oxygen atoms in total. The second kappa shape index (κ2) is 9.36. The molecule has 1 aromatic carbocycles. The highest BCUT2D eigenvalue weighted by molar-refractivity contribution is 9.10. The van der Waals surface area contributed by atoms with Gasteiger partial charge >= 0.3 is 0 Å². The molecule has 36 heavy (non-hydrogen) atoms. The maximum Gasteiger partial charge on any atom is 0.225 e. The number of carbonyl (C=O) groups is 1. The Morgan fingerprint density at radius 3 is 2.78 bits per heavy atom. The lowest BCUT2D eigenvalue weighted by Crippen LogP contribution is -2.35. The summed E-state index contributed by atoms with van der Waals surface area (Å²) >= 11 is 3.49. The highest BCUT2D eigenvalue weighted by Gasteiger charge is 2.41. The van der Waals surface area contributed by atoms with E-state index >= 15 is 0 Å². The Kier molecular flexibility index (Phi) is 6.37. The van der Waals surface area contributed by atoms with E-state index in [9.17, 15) is 13.2 Å². The maximum absolute atomic E-state index is 12.3. The molecular weight excluding hydrogens is 548 g/mol. The average molecular weight is 573 g/mol. The number of nitrogens with one attached hydrogen (secondary N) is 2. The Hall–Kier alpha value is -3.19. The summed E-state index contributed by atoms with van der Waals surface area (Å²) in [5.41, 5.74) is 2.35. The molecule has 13 heteroatoms. The summed E-state index contributed by atoms with van der Waals surface area (Å²) in [5, 5.41) is 10.7. The fourth-order valence-corrected chi connectivity index (χ4v) is 5.68. The quantitative estimate of drug-likeness (QED) is 0.297. The van der Waals surface area contributed by atoms with Crippen LogP contribution in [0.15, 0.2) is 35.3 Å². The fraction of sp³-hybridized carbons (Fsp3) is 0.391. The molecule has 1 amide bonds. The molecule has 2 N–H and O–H groups in total. The van der Waals surface area contributed by atoms with E-state index < -0.39 is 21.4 Å². The van der Waals surface area contributed by atoms with Crippen molar-refractivity contribution in [1.29, 1.82) is 0 Å². The highest BCUT2D eigenvalue weighted by Crippen LogP contribution is 2.39. The number of anilines is 1. The normalized spacial score (nSPS) is 20.8. The van der Waals surface area contributed by atoms with Crippen LogP contribution in [-0.2, 0) is 15.5 Å². The van der Waals surface area contributed by atoms with Crippen LogP contribution < -0.4 is 10.6 Å². The summed E-state index contributed by atoms with van der Waals surface area (Å²) in [7, 11) is -1.06. The molecule has 5 rings (SSSR count). The molecule has 1 aliphatic rings. The van der Waals surface area contributed by atoms with Crippen LogP contribution in [0.2, 0.25) is 0 Å². The molecule has 3 aromatic heterocycles. The van der Waals surface area contributed by atoms with Crippen molar-refractivity contribution in [3.8, 4) is 5.69 Å². The van der Waals surface area contributed by atoms with E-state index in [2.05, 4.69) is 46.6 Å². The Labute approximate surface area is 217 Å². The first-order valence-corrected chi connectivity index (χ1v) is 13.5. The smallest absolute Gasteiger partial charge is 0.225 e. The van der Waals surface area contributed by atoms with Crippen LogP contribution in [0.5, 0.6) is 0 Å². The maximum atomic E-state index is 12.3. The van der Waals surface area contributed by atoms with Crippen LogP contribution in [-0.4, -0.2) is 57.1 Å². The van der Waals surface area contributed by atoms with Gasteiger partial charge < -0.3 is 10.6 Å². The van der Waals surface area contributed by atoms with Gasteiger partial charge in [0.05, 0.1) is 27.4 Å². The minimum atomic E-state index is -2.72. The second-order valence-corrected chi connectivity index (χ2v) is 11.4. The zero-order valence-corrected chi connectivity index (χ0v) is 22.4. The Morgan fingerprint density at radius 2 is 2.03 bits per heavy atom. The van der Waals surface area contributed by atoms with Gasteiger partial charge in [-0.15, -0.1) is 0 Å². The zero-order chi connectivity index (χ0) is 25.6. The minimum Gasteiger partial charge on any atom is -0.359 e. The molecule has 0 aliphatic heterocycles. The number of thiol groups is 1. The number of halogens is 1. The Balaban J connectivity index is 1.55. The predicted molar refractivity (Wildman–Crippen MR) is 140 cm³/mol. The zero-order valence-electron chi connectivity index (χ0n) is 19.9. The van der Waals surface area contributed by atoms with Gasteiger partial charge in [0, 0.05) is 37.1 Å². The van der Waals surface area contributed by atoms with Gasteiger partial charge in [0.15, 0.2) is 5.65 Å². The van der Waals surface area contributed by atoms with Crippen molar-refractivity contribution in [3.05, 3.63) is 40.9 Å². The first kappa shape index (κ1) is 24.5. The van der Waals surface area contributed by atoms with E-state index in [0.717, 1.165) is 12.8 Å². The molecule has 0 spiro atoms. The van der Waals surface area contributed by atoms with Crippen molar-refractivity contribution >= 4 is 60.6 Å². The molecule has 1 unspecified atom stereocenters. The number of hydrogen-bond donors (Lipinski definition) is 3. The van der Waals surface area contributed by atoms with Crippen molar-refractivity contribution in [2.75, 3.05) is 12.4 Å². The van der Waals surface area contributed by atoms with Crippen molar-refractivity contribution in [1.82, 2.24) is 35.0 Å². The van der Waals surface area contributed by atoms with Crippen LogP contribution in [0.4, 0.5) is 5.95 Å². The summed E-state index contributed by atoms with van der Waals surface area (Å²) < 4.78 is 25.9. The van der Waals surface area contributed by atoms with Gasteiger partial charge in [-0.2, -0.15) is 10.1 Å². The minimum absolute atomic E-state index is 0.0365. The van der Waals surface area contributed by atoms with Gasteiger partial charge in [-0.3, -0.25) is 14.8 Å². The number of carbonyl (C=O) groups excluding carboxylic acids is 1. The number of hydrogen-bond acceptors (Lipinski definition) is 9. The van der Waals surface area contributed by atoms with Crippen molar-refractivity contribution < 1.29 is 13.2 Å². The lowest BCUT2D eigenvalue weighted by atomic mass is 9.87. The molecule has 0 radical (unpaired) electrons. The molecular formula is C23H25BrN8O3S. The molecule has 0 saturated heterocycles. The second-order valence-electron chi connectivity index (χ2n) is 9.28. The molecule has 0 bridgehead atoms. The third-order valence-corrected chi connectivity index (χ3v) is 8.32. The number of fused-ring (bicyclic) bond motifs is 2. The lowest BCUT2D eigenvalue weighted by Gasteiger charge is -2.22. The summed E-state index contributed by atoms with van der Waals surface area (Å²) in [4.78, 5) is 30.2. The third-order valence-electron chi connectivity index (χ3n) is 6.83. The summed E-state index contributed by atoms with van der Waals surface area (Å²) in [6.07, 6.45) is 7.06. The number of rotatable bonds is 6. The van der Waals surface area contributed by atoms with Gasteiger partial charge in [0.25, 0.3) is 0 Å². The predicted octanol–water partition coefficient (Wildman–Crippen LogP) is 2.91. The van der Waals surface area contributed by atoms with E-state index in [-0.39, 0.29) is 11.9 Å². The number of benzene rings is 1. The highest BCUT2D eigenvalue weighted by atomic mass is 79.9. The van der Waals surface area contributed by atoms with Crippen molar-refractivity contribution in [2.24, 2.45) is 5.41 Å². The third kappa shape index (κ3) is 4.30. The van der Waals surface area contributed by atoms with Crippen LogP contribution in [0, 0.1) is 5.41 Å². The lowest BCUT2D eigenvalue weighted by molar-refractivity contribution is -0.129. The molecule has 1 fully saturated rings. The topological polar surface area (TPSA) is 145 Å². The molecule has 4 aromatic rings. The first-order chi connectivity index (χ1) is 17.2. The largest absolute Gasteiger partial charge is 0.359 e. The fourth-order valence-electron chi connectivity index (χ4n) is 4.81. The monoisotopic (exact) mass is 572 g/mol. The summed E-state index contributed by atoms with van der Waals surface area (Å²) in [5.74, 6) is 0.466. The molecule has 3 atom stereocenters. The van der Waals surface area contributed by atoms with Gasteiger partial charge in [0.1, 0.15) is 15.3 Å². The van der Waals surface area contributed by atoms with E-state index in [1.54, 1.807) is 49.4 Å². The number of aromatic nitrogens is 6. The Morgan fingerprint density at radius 1 is 1.25 bits per heavy atom. The number of nitrogens with zero attached hydrogens (tertiary/aromatic N) is 6. The molecule has 1 aliphatic carbocycles. The van der Waals surface area contributed by atoms with Gasteiger partial charge in [-0.1, -0.05) is 6.92 Å². The van der Waals surface area contributed by atoms with Crippen molar-refractivity contribution in [2.45, 2.75) is 44.4 Å². The molecule has 3 heterocycles. The number of amides is 1. The first-order valence-electron chi connectivity index (χ1n) is 11.5. The summed E-state index contributed by atoms with van der Waals surface area (Å²) in [6.45, 7) is 3.59. The van der Waals surface area contributed by atoms with Crippen LogP contribution >= 0.6 is 15.9 Å². The van der Waals surface area contributed by atoms with E-state index in [4.69, 9.17) is 4.98 Å². The van der Waals surface area contributed by atoms with Crippen LogP contribution in [0.25, 0.3) is 27.8 Å². The molecule has 188 valence electrons. The Bertz CT molecular complexity index is 1560. The average Bonchev–Trinajstić information content (AvgIpc) is 3.42. The summed E-state index contributed by atoms with van der Waals surface area (Å²) in [6, 6.07) is 3.62. The standard InChI is InChI=1S/C23H25BrN8O3S/c1-12(36(34)35)15-8-14(9-17-18(15)27-7-6-26-17)32-20-16(19(24)31-32)11-28-22(30-20)29-13-4-5-23(2,10-13)21(33)25-3/h6-9,11-13,36H,4-5,10H2,1-3H3,(H,25,33)(H,28,29,30)/t12?,13-,23-/m1/s1. The van der Waals surface area contributed by atoms with Crippen LogP contribution in [0.3, 0.4) is 0 Å². The SMILES string of the molecule is CNC(=O)[C@]1(C)CC[C@@H](Nc2ncc3c(Br)nn(-c4cc(C(C)[SH](=O)=O)c5nccnc5c4)c3n2)C1. The van der Waals surface area contributed by atoms with Gasteiger partial charge in [-0.25, -0.2) is 18.1 Å². The van der Waals surface area contributed by atoms with Crippen LogP contribution in [0.1, 0.15) is 43.9 Å².